The fraction of sp³-hybridized carbons (Fsp3) is 0.500. The first kappa shape index (κ1) is 12.0. The van der Waals surface area contributed by atoms with E-state index in [9.17, 15) is 0 Å². The van der Waals surface area contributed by atoms with Crippen LogP contribution in [0.4, 0.5) is 0 Å². The zero-order chi connectivity index (χ0) is 11.7. The molecule has 0 aliphatic carbocycles. The van der Waals surface area contributed by atoms with E-state index in [4.69, 9.17) is 11.5 Å². The lowest BCUT2D eigenvalue weighted by Gasteiger charge is -2.01. The van der Waals surface area contributed by atoms with E-state index in [1.807, 2.05) is 22.7 Å². The molecule has 0 spiro atoms. The van der Waals surface area contributed by atoms with Gasteiger partial charge in [0.25, 0.3) is 0 Å². The third kappa shape index (κ3) is 2.83. The molecule has 4 heteroatoms. The van der Waals surface area contributed by atoms with Crippen molar-refractivity contribution in [2.45, 2.75) is 38.8 Å². The van der Waals surface area contributed by atoms with Crippen LogP contribution in [0.15, 0.2) is 12.1 Å². The van der Waals surface area contributed by atoms with Gasteiger partial charge in [0.05, 0.1) is 0 Å². The van der Waals surface area contributed by atoms with Gasteiger partial charge in [-0.1, -0.05) is 0 Å². The van der Waals surface area contributed by atoms with Crippen LogP contribution in [0.2, 0.25) is 0 Å². The third-order valence-electron chi connectivity index (χ3n) is 2.36. The number of hydrogen-bond donors (Lipinski definition) is 2. The van der Waals surface area contributed by atoms with Crippen molar-refractivity contribution in [3.8, 4) is 0 Å². The standard InChI is InChI=1S/C12H18N2S2/c1-7(13)3-9-5-11-12(15-9)6-10(16-11)4-8(2)14/h5-8H,3-4,13-14H2,1-2H3. The van der Waals surface area contributed by atoms with E-state index in [0.717, 1.165) is 12.8 Å². The second-order valence-corrected chi connectivity index (χ2v) is 6.85. The Hall–Kier alpha value is -0.420. The minimum atomic E-state index is 0.247. The maximum absolute atomic E-state index is 5.80. The molecule has 0 aromatic carbocycles. The van der Waals surface area contributed by atoms with Crippen molar-refractivity contribution in [1.29, 1.82) is 0 Å². The Morgan fingerprint density at radius 2 is 1.31 bits per heavy atom. The summed E-state index contributed by atoms with van der Waals surface area (Å²) < 4.78 is 2.77. The molecule has 16 heavy (non-hydrogen) atoms. The van der Waals surface area contributed by atoms with Gasteiger partial charge in [-0.25, -0.2) is 0 Å². The SMILES string of the molecule is CC(N)Cc1cc2sc(CC(C)N)cc2s1. The van der Waals surface area contributed by atoms with E-state index >= 15 is 0 Å². The molecule has 2 aromatic rings. The maximum Gasteiger partial charge on any atom is 0.0456 e. The van der Waals surface area contributed by atoms with Gasteiger partial charge in [0.15, 0.2) is 0 Å². The van der Waals surface area contributed by atoms with Gasteiger partial charge in [-0.3, -0.25) is 0 Å². The Morgan fingerprint density at radius 1 is 0.938 bits per heavy atom. The summed E-state index contributed by atoms with van der Waals surface area (Å²) in [5, 5.41) is 0. The Balaban J connectivity index is 2.19. The number of rotatable bonds is 4. The van der Waals surface area contributed by atoms with E-state index < -0.39 is 0 Å². The van der Waals surface area contributed by atoms with Crippen LogP contribution in [0.3, 0.4) is 0 Å². The Kier molecular flexibility index (Phi) is 3.64. The predicted octanol–water partition coefficient (Wildman–Crippen LogP) is 2.74. The van der Waals surface area contributed by atoms with E-state index in [2.05, 4.69) is 26.0 Å². The summed E-state index contributed by atoms with van der Waals surface area (Å²) in [6, 6.07) is 5.05. The van der Waals surface area contributed by atoms with Gasteiger partial charge in [0, 0.05) is 31.2 Å². The quantitative estimate of drug-likeness (QED) is 0.881. The average molecular weight is 254 g/mol. The van der Waals surface area contributed by atoms with Crippen LogP contribution in [0.25, 0.3) is 9.40 Å². The van der Waals surface area contributed by atoms with Crippen LogP contribution in [0, 0.1) is 0 Å². The molecule has 2 rings (SSSR count). The molecule has 0 saturated carbocycles. The summed E-state index contributed by atoms with van der Waals surface area (Å²) in [7, 11) is 0. The van der Waals surface area contributed by atoms with Crippen LogP contribution < -0.4 is 11.5 Å². The summed E-state index contributed by atoms with van der Waals surface area (Å²) in [6.07, 6.45) is 1.96. The van der Waals surface area contributed by atoms with Crippen molar-refractivity contribution in [3.05, 3.63) is 21.9 Å². The van der Waals surface area contributed by atoms with Crippen LogP contribution >= 0.6 is 22.7 Å². The predicted molar refractivity (Wildman–Crippen MR) is 74.4 cm³/mol. The third-order valence-corrected chi connectivity index (χ3v) is 4.69. The number of fused-ring (bicyclic) bond motifs is 1. The molecule has 2 nitrogen and oxygen atoms in total. The normalized spacial score (nSPS) is 15.5. The van der Waals surface area contributed by atoms with Crippen molar-refractivity contribution in [2.75, 3.05) is 0 Å². The zero-order valence-corrected chi connectivity index (χ0v) is 11.3. The van der Waals surface area contributed by atoms with E-state index in [1.165, 1.54) is 19.2 Å². The molecule has 4 N–H and O–H groups in total. The van der Waals surface area contributed by atoms with Crippen molar-refractivity contribution in [2.24, 2.45) is 11.5 Å². The molecule has 0 aliphatic rings. The molecule has 88 valence electrons. The molecule has 0 saturated heterocycles. The van der Waals surface area contributed by atoms with E-state index in [1.54, 1.807) is 0 Å². The fourth-order valence-corrected chi connectivity index (χ4v) is 4.50. The van der Waals surface area contributed by atoms with Gasteiger partial charge in [-0.05, 0) is 38.8 Å². The smallest absolute Gasteiger partial charge is 0.0456 e. The number of nitrogens with two attached hydrogens (primary N) is 2. The van der Waals surface area contributed by atoms with Gasteiger partial charge >= 0.3 is 0 Å². The van der Waals surface area contributed by atoms with Gasteiger partial charge in [-0.15, -0.1) is 22.7 Å². The highest BCUT2D eigenvalue weighted by atomic mass is 32.1. The molecule has 0 amide bonds. The van der Waals surface area contributed by atoms with Crippen molar-refractivity contribution in [3.63, 3.8) is 0 Å². The summed E-state index contributed by atoms with van der Waals surface area (Å²) >= 11 is 3.73. The van der Waals surface area contributed by atoms with E-state index in [0.29, 0.717) is 0 Å². The van der Waals surface area contributed by atoms with Crippen LogP contribution in [0.5, 0.6) is 0 Å². The van der Waals surface area contributed by atoms with Crippen molar-refractivity contribution in [1.82, 2.24) is 0 Å². The Morgan fingerprint density at radius 3 is 1.62 bits per heavy atom. The lowest BCUT2D eigenvalue weighted by Crippen LogP contribution is -2.17. The zero-order valence-electron chi connectivity index (χ0n) is 9.69. The molecule has 0 radical (unpaired) electrons. The minimum Gasteiger partial charge on any atom is -0.328 e. The van der Waals surface area contributed by atoms with Crippen LogP contribution in [0.1, 0.15) is 23.6 Å². The topological polar surface area (TPSA) is 52.0 Å². The average Bonchev–Trinajstić information content (AvgIpc) is 2.58. The second kappa shape index (κ2) is 4.84. The first-order chi connectivity index (χ1) is 7.54. The highest BCUT2D eigenvalue weighted by Crippen LogP contribution is 2.34. The molecular weight excluding hydrogens is 236 g/mol. The van der Waals surface area contributed by atoms with E-state index in [-0.39, 0.29) is 12.1 Å². The first-order valence-electron chi connectivity index (χ1n) is 5.57. The molecular formula is C12H18N2S2. The molecule has 2 aromatic heterocycles. The van der Waals surface area contributed by atoms with Gasteiger partial charge in [0.2, 0.25) is 0 Å². The minimum absolute atomic E-state index is 0.247. The molecule has 2 heterocycles. The molecule has 2 atom stereocenters. The Labute approximate surface area is 104 Å². The second-order valence-electron chi connectivity index (χ2n) is 4.52. The van der Waals surface area contributed by atoms with Crippen molar-refractivity contribution >= 4 is 32.1 Å². The first-order valence-corrected chi connectivity index (χ1v) is 7.20. The maximum atomic E-state index is 5.80. The van der Waals surface area contributed by atoms with Crippen LogP contribution in [-0.4, -0.2) is 12.1 Å². The monoisotopic (exact) mass is 254 g/mol. The highest BCUT2D eigenvalue weighted by Gasteiger charge is 2.09. The lowest BCUT2D eigenvalue weighted by atomic mass is 10.2. The van der Waals surface area contributed by atoms with Gasteiger partial charge in [-0.2, -0.15) is 0 Å². The van der Waals surface area contributed by atoms with Crippen LogP contribution in [-0.2, 0) is 12.8 Å². The summed E-state index contributed by atoms with van der Waals surface area (Å²) in [4.78, 5) is 2.78. The molecule has 0 bridgehead atoms. The summed E-state index contributed by atoms with van der Waals surface area (Å²) in [6.45, 7) is 4.10. The lowest BCUT2D eigenvalue weighted by molar-refractivity contribution is 0.746. The molecule has 0 fully saturated rings. The summed E-state index contributed by atoms with van der Waals surface area (Å²) in [5.41, 5.74) is 11.6. The van der Waals surface area contributed by atoms with Crippen molar-refractivity contribution < 1.29 is 0 Å². The summed E-state index contributed by atoms with van der Waals surface area (Å²) in [5.74, 6) is 0. The highest BCUT2D eigenvalue weighted by molar-refractivity contribution is 7.27. The number of thiophene rings is 2. The number of hydrogen-bond acceptors (Lipinski definition) is 4. The fourth-order valence-electron chi connectivity index (χ4n) is 1.77. The Bertz CT molecular complexity index is 397. The largest absolute Gasteiger partial charge is 0.328 e. The van der Waals surface area contributed by atoms with Gasteiger partial charge in [0.1, 0.15) is 0 Å². The molecule has 2 unspecified atom stereocenters. The van der Waals surface area contributed by atoms with Gasteiger partial charge < -0.3 is 11.5 Å². The molecule has 0 aliphatic heterocycles.